The van der Waals surface area contributed by atoms with Crippen molar-refractivity contribution < 1.29 is 9.90 Å². The first-order valence-electron chi connectivity index (χ1n) is 7.61. The van der Waals surface area contributed by atoms with Gasteiger partial charge >= 0.3 is 0 Å². The molecular formula is C17H23N3O2. The molecule has 2 N–H and O–H groups in total. The first-order valence-corrected chi connectivity index (χ1v) is 7.61. The molecule has 5 heteroatoms. The molecule has 2 aromatic rings. The Morgan fingerprint density at radius 3 is 2.73 bits per heavy atom. The summed E-state index contributed by atoms with van der Waals surface area (Å²) in [6, 6.07) is 9.64. The van der Waals surface area contributed by atoms with Crippen LogP contribution in [0.4, 0.5) is 0 Å². The second-order valence-electron chi connectivity index (χ2n) is 5.54. The molecule has 0 aliphatic heterocycles. The minimum Gasteiger partial charge on any atom is -0.394 e. The largest absolute Gasteiger partial charge is 0.394 e. The molecule has 2 rings (SSSR count). The number of carbonyl (C=O) groups excluding carboxylic acids is 1. The number of aliphatic hydroxyl groups excluding tert-OH is 1. The number of benzene rings is 1. The molecule has 1 heterocycles. The van der Waals surface area contributed by atoms with E-state index in [9.17, 15) is 9.90 Å². The maximum Gasteiger partial charge on any atom is 0.240 e. The Bertz CT molecular complexity index is 595. The Morgan fingerprint density at radius 1 is 1.36 bits per heavy atom. The summed E-state index contributed by atoms with van der Waals surface area (Å²) in [7, 11) is 0. The lowest BCUT2D eigenvalue weighted by Crippen LogP contribution is -2.43. The number of aliphatic hydroxyl groups is 1. The number of carbonyl (C=O) groups is 1. The predicted octanol–water partition coefficient (Wildman–Crippen LogP) is 2.07. The van der Waals surface area contributed by atoms with Crippen LogP contribution in [0.15, 0.2) is 42.9 Å². The summed E-state index contributed by atoms with van der Waals surface area (Å²) < 4.78 is 1.75. The maximum atomic E-state index is 12.1. The summed E-state index contributed by atoms with van der Waals surface area (Å²) in [6.07, 6.45) is 4.42. The highest BCUT2D eigenvalue weighted by molar-refractivity contribution is 5.76. The van der Waals surface area contributed by atoms with E-state index in [0.29, 0.717) is 0 Å². The van der Waals surface area contributed by atoms with E-state index in [-0.39, 0.29) is 31.0 Å². The Balaban J connectivity index is 1.96. The fourth-order valence-electron chi connectivity index (χ4n) is 2.28. The van der Waals surface area contributed by atoms with Gasteiger partial charge in [0.1, 0.15) is 6.54 Å². The van der Waals surface area contributed by atoms with Crippen LogP contribution in [0, 0.1) is 5.92 Å². The van der Waals surface area contributed by atoms with Crippen molar-refractivity contribution >= 4 is 5.91 Å². The third kappa shape index (κ3) is 4.18. The molecule has 0 saturated heterocycles. The zero-order valence-corrected chi connectivity index (χ0v) is 13.1. The molecule has 1 amide bonds. The second-order valence-corrected chi connectivity index (χ2v) is 5.54. The standard InChI is InChI=1S/C17H23N3O2/c1-3-13(2)16(11-21)19-17(22)10-20-9-15(18-12-20)14-7-5-4-6-8-14/h4-9,12-13,16,21H,3,10-11H2,1-2H3,(H,19,22)/t13-,16+/m0/s1. The van der Waals surface area contributed by atoms with Crippen LogP contribution in [0.3, 0.4) is 0 Å². The number of rotatable bonds is 7. The van der Waals surface area contributed by atoms with Gasteiger partial charge in [0.05, 0.1) is 24.7 Å². The lowest BCUT2D eigenvalue weighted by molar-refractivity contribution is -0.123. The Morgan fingerprint density at radius 2 is 2.09 bits per heavy atom. The second kappa shape index (κ2) is 7.75. The summed E-state index contributed by atoms with van der Waals surface area (Å²) in [6.45, 7) is 4.22. The van der Waals surface area contributed by atoms with E-state index in [1.54, 1.807) is 10.9 Å². The Hall–Kier alpha value is -2.14. The first kappa shape index (κ1) is 16.2. The van der Waals surface area contributed by atoms with Gasteiger partial charge in [-0.3, -0.25) is 4.79 Å². The molecule has 0 fully saturated rings. The number of imidazole rings is 1. The molecule has 118 valence electrons. The van der Waals surface area contributed by atoms with Crippen molar-refractivity contribution in [2.75, 3.05) is 6.61 Å². The number of nitrogens with one attached hydrogen (secondary N) is 1. The van der Waals surface area contributed by atoms with Crippen molar-refractivity contribution in [2.45, 2.75) is 32.9 Å². The number of hydrogen-bond donors (Lipinski definition) is 2. The van der Waals surface area contributed by atoms with Gasteiger partial charge in [-0.1, -0.05) is 50.6 Å². The molecule has 5 nitrogen and oxygen atoms in total. The SMILES string of the molecule is CC[C@H](C)[C@@H](CO)NC(=O)Cn1cnc(-c2ccccc2)c1. The lowest BCUT2D eigenvalue weighted by Gasteiger charge is -2.22. The lowest BCUT2D eigenvalue weighted by atomic mass is 10.00. The highest BCUT2D eigenvalue weighted by Gasteiger charge is 2.17. The van der Waals surface area contributed by atoms with E-state index in [1.165, 1.54) is 0 Å². The van der Waals surface area contributed by atoms with Gasteiger partial charge < -0.3 is 15.0 Å². The van der Waals surface area contributed by atoms with Crippen LogP contribution in [-0.4, -0.2) is 33.2 Å². The highest BCUT2D eigenvalue weighted by atomic mass is 16.3. The third-order valence-electron chi connectivity index (χ3n) is 3.90. The average Bonchev–Trinajstić information content (AvgIpc) is 3.01. The monoisotopic (exact) mass is 301 g/mol. The number of nitrogens with zero attached hydrogens (tertiary/aromatic N) is 2. The van der Waals surface area contributed by atoms with E-state index in [0.717, 1.165) is 17.7 Å². The van der Waals surface area contributed by atoms with Crippen molar-refractivity contribution in [3.63, 3.8) is 0 Å². The number of aromatic nitrogens is 2. The number of hydrogen-bond acceptors (Lipinski definition) is 3. The molecule has 0 saturated carbocycles. The van der Waals surface area contributed by atoms with Crippen molar-refractivity contribution in [1.82, 2.24) is 14.9 Å². The van der Waals surface area contributed by atoms with Crippen LogP contribution in [-0.2, 0) is 11.3 Å². The van der Waals surface area contributed by atoms with Gasteiger partial charge in [0, 0.05) is 11.8 Å². The molecule has 0 bridgehead atoms. The zero-order valence-electron chi connectivity index (χ0n) is 13.1. The van der Waals surface area contributed by atoms with Crippen LogP contribution in [0.2, 0.25) is 0 Å². The molecular weight excluding hydrogens is 278 g/mol. The summed E-state index contributed by atoms with van der Waals surface area (Å²) in [5.74, 6) is 0.132. The molecule has 1 aromatic carbocycles. The molecule has 0 aliphatic carbocycles. The van der Waals surface area contributed by atoms with Gasteiger partial charge in [0.25, 0.3) is 0 Å². The smallest absolute Gasteiger partial charge is 0.240 e. The van der Waals surface area contributed by atoms with Crippen LogP contribution in [0.1, 0.15) is 20.3 Å². The van der Waals surface area contributed by atoms with Crippen LogP contribution in [0.25, 0.3) is 11.3 Å². The van der Waals surface area contributed by atoms with Gasteiger partial charge in [0.15, 0.2) is 0 Å². The summed E-state index contributed by atoms with van der Waals surface area (Å²) in [5, 5.41) is 12.2. The Kier molecular flexibility index (Phi) is 5.72. The van der Waals surface area contributed by atoms with Gasteiger partial charge in [-0.15, -0.1) is 0 Å². The topological polar surface area (TPSA) is 67.2 Å². The maximum absolute atomic E-state index is 12.1. The van der Waals surface area contributed by atoms with Crippen molar-refractivity contribution in [3.8, 4) is 11.3 Å². The molecule has 2 atom stereocenters. The van der Waals surface area contributed by atoms with Crippen molar-refractivity contribution in [2.24, 2.45) is 5.92 Å². The van der Waals surface area contributed by atoms with E-state index in [2.05, 4.69) is 10.3 Å². The van der Waals surface area contributed by atoms with Gasteiger partial charge in [-0.2, -0.15) is 0 Å². The van der Waals surface area contributed by atoms with E-state index >= 15 is 0 Å². The van der Waals surface area contributed by atoms with Crippen molar-refractivity contribution in [3.05, 3.63) is 42.9 Å². The minimum atomic E-state index is -0.199. The molecule has 22 heavy (non-hydrogen) atoms. The molecule has 0 aliphatic rings. The zero-order chi connectivity index (χ0) is 15.9. The third-order valence-corrected chi connectivity index (χ3v) is 3.90. The summed E-state index contributed by atoms with van der Waals surface area (Å²) in [5.41, 5.74) is 1.86. The summed E-state index contributed by atoms with van der Waals surface area (Å²) >= 11 is 0. The fourth-order valence-corrected chi connectivity index (χ4v) is 2.28. The molecule has 0 radical (unpaired) electrons. The first-order chi connectivity index (χ1) is 10.6. The minimum absolute atomic E-state index is 0.0417. The quantitative estimate of drug-likeness (QED) is 0.822. The fraction of sp³-hybridized carbons (Fsp3) is 0.412. The Labute approximate surface area is 131 Å². The van der Waals surface area contributed by atoms with Crippen LogP contribution in [0.5, 0.6) is 0 Å². The molecule has 1 aromatic heterocycles. The molecule has 0 unspecified atom stereocenters. The van der Waals surface area contributed by atoms with Gasteiger partial charge in [0.2, 0.25) is 5.91 Å². The van der Waals surface area contributed by atoms with Gasteiger partial charge in [-0.25, -0.2) is 4.98 Å². The predicted molar refractivity (Wildman–Crippen MR) is 86.1 cm³/mol. The van der Waals surface area contributed by atoms with Crippen LogP contribution >= 0.6 is 0 Å². The normalized spacial score (nSPS) is 13.6. The summed E-state index contributed by atoms with van der Waals surface area (Å²) in [4.78, 5) is 16.4. The van der Waals surface area contributed by atoms with E-state index < -0.39 is 0 Å². The van der Waals surface area contributed by atoms with E-state index in [1.807, 2.05) is 50.4 Å². The van der Waals surface area contributed by atoms with E-state index in [4.69, 9.17) is 0 Å². The molecule has 0 spiro atoms. The van der Waals surface area contributed by atoms with Gasteiger partial charge in [-0.05, 0) is 5.92 Å². The van der Waals surface area contributed by atoms with Crippen LogP contribution < -0.4 is 5.32 Å². The van der Waals surface area contributed by atoms with Crippen molar-refractivity contribution in [1.29, 1.82) is 0 Å². The number of amides is 1. The highest BCUT2D eigenvalue weighted by Crippen LogP contribution is 2.15. The average molecular weight is 301 g/mol.